The first-order valence-corrected chi connectivity index (χ1v) is 6.29. The smallest absolute Gasteiger partial charge is 0.157 e. The van der Waals surface area contributed by atoms with Crippen LogP contribution in [0.2, 0.25) is 0 Å². The summed E-state index contributed by atoms with van der Waals surface area (Å²) in [7, 11) is 0. The fourth-order valence-corrected chi connectivity index (χ4v) is 2.11. The van der Waals surface area contributed by atoms with Crippen molar-refractivity contribution < 1.29 is 30.6 Å². The minimum Gasteiger partial charge on any atom is -0.508 e. The van der Waals surface area contributed by atoms with Crippen LogP contribution >= 0.6 is 0 Å². The molecule has 0 saturated heterocycles. The average molecular weight is 292 g/mol. The molecule has 1 unspecified atom stereocenters. The number of hydrogen-bond acceptors (Lipinski definition) is 6. The maximum absolute atomic E-state index is 10.0. The molecule has 0 heterocycles. The Labute approximate surface area is 120 Å². The molecule has 6 nitrogen and oxygen atoms in total. The van der Waals surface area contributed by atoms with Gasteiger partial charge in [-0.15, -0.1) is 0 Å². The quantitative estimate of drug-likeness (QED) is 0.473. The van der Waals surface area contributed by atoms with Gasteiger partial charge in [-0.05, 0) is 24.1 Å². The molecule has 0 aromatic heterocycles. The predicted molar refractivity (Wildman–Crippen MR) is 74.6 cm³/mol. The molecule has 0 spiro atoms. The minimum atomic E-state index is -0.921. The molecule has 6 N–H and O–H groups in total. The van der Waals surface area contributed by atoms with E-state index in [9.17, 15) is 30.6 Å². The fourth-order valence-electron chi connectivity index (χ4n) is 2.11. The number of benzene rings is 2. The summed E-state index contributed by atoms with van der Waals surface area (Å²) in [4.78, 5) is 0. The maximum Gasteiger partial charge on any atom is 0.157 e. The lowest BCUT2D eigenvalue weighted by molar-refractivity contribution is 0.173. The molecule has 21 heavy (non-hydrogen) atoms. The van der Waals surface area contributed by atoms with Gasteiger partial charge in [0, 0.05) is 24.1 Å². The van der Waals surface area contributed by atoms with Crippen LogP contribution in [-0.4, -0.2) is 36.7 Å². The first kappa shape index (κ1) is 14.8. The third kappa shape index (κ3) is 3.49. The first-order valence-electron chi connectivity index (χ1n) is 6.29. The number of aliphatic hydroxyl groups is 1. The predicted octanol–water partition coefficient (Wildman–Crippen LogP) is 1.36. The second kappa shape index (κ2) is 5.80. The molecule has 112 valence electrons. The first-order chi connectivity index (χ1) is 9.86. The van der Waals surface area contributed by atoms with Gasteiger partial charge in [0.1, 0.15) is 17.2 Å². The maximum atomic E-state index is 10.0. The molecular formula is C15H16O6. The normalized spacial score (nSPS) is 12.2. The Morgan fingerprint density at radius 1 is 0.714 bits per heavy atom. The molecule has 0 aliphatic carbocycles. The zero-order valence-corrected chi connectivity index (χ0v) is 11.1. The molecule has 6 heteroatoms. The summed E-state index contributed by atoms with van der Waals surface area (Å²) >= 11 is 0. The van der Waals surface area contributed by atoms with Gasteiger partial charge in [-0.25, -0.2) is 0 Å². The molecule has 2 aromatic carbocycles. The van der Waals surface area contributed by atoms with Crippen LogP contribution in [0, 0.1) is 0 Å². The molecule has 0 saturated carbocycles. The lowest BCUT2D eigenvalue weighted by atomic mass is 9.99. The Balaban J connectivity index is 2.11. The lowest BCUT2D eigenvalue weighted by Crippen LogP contribution is -2.14. The van der Waals surface area contributed by atoms with Crippen molar-refractivity contribution in [2.75, 3.05) is 0 Å². The largest absolute Gasteiger partial charge is 0.508 e. The van der Waals surface area contributed by atoms with Crippen LogP contribution in [0.3, 0.4) is 0 Å². The van der Waals surface area contributed by atoms with Gasteiger partial charge in [-0.2, -0.15) is 0 Å². The Kier molecular flexibility index (Phi) is 4.09. The summed E-state index contributed by atoms with van der Waals surface area (Å²) in [5.74, 6) is -1.41. The molecule has 2 rings (SSSR count). The van der Waals surface area contributed by atoms with Crippen molar-refractivity contribution in [2.45, 2.75) is 18.9 Å². The van der Waals surface area contributed by atoms with E-state index < -0.39 is 6.10 Å². The molecular weight excluding hydrogens is 276 g/mol. The van der Waals surface area contributed by atoms with E-state index in [0.717, 1.165) is 12.1 Å². The van der Waals surface area contributed by atoms with Crippen LogP contribution in [0.5, 0.6) is 28.7 Å². The molecule has 0 aliphatic rings. The summed E-state index contributed by atoms with van der Waals surface area (Å²) < 4.78 is 0. The van der Waals surface area contributed by atoms with Crippen LogP contribution in [0.25, 0.3) is 0 Å². The van der Waals surface area contributed by atoms with Crippen LogP contribution in [-0.2, 0) is 12.8 Å². The van der Waals surface area contributed by atoms with Gasteiger partial charge >= 0.3 is 0 Å². The van der Waals surface area contributed by atoms with Crippen LogP contribution in [0.4, 0.5) is 0 Å². The third-order valence-electron chi connectivity index (χ3n) is 3.14. The Morgan fingerprint density at radius 3 is 1.90 bits per heavy atom. The van der Waals surface area contributed by atoms with Gasteiger partial charge in [0.25, 0.3) is 0 Å². The number of phenols is 5. The van der Waals surface area contributed by atoms with Crippen molar-refractivity contribution in [2.24, 2.45) is 0 Å². The monoisotopic (exact) mass is 292 g/mol. The summed E-state index contributed by atoms with van der Waals surface area (Å²) in [6.07, 6.45) is -0.789. The fraction of sp³-hybridized carbons (Fsp3) is 0.200. The molecule has 0 aliphatic heterocycles. The molecule has 2 aromatic rings. The van der Waals surface area contributed by atoms with E-state index in [0.29, 0.717) is 5.56 Å². The molecule has 1 atom stereocenters. The second-order valence-corrected chi connectivity index (χ2v) is 4.85. The van der Waals surface area contributed by atoms with Crippen molar-refractivity contribution in [1.29, 1.82) is 0 Å². The van der Waals surface area contributed by atoms with E-state index in [1.807, 2.05) is 0 Å². The molecule has 0 amide bonds. The van der Waals surface area contributed by atoms with Gasteiger partial charge in [0.2, 0.25) is 0 Å². The van der Waals surface area contributed by atoms with Crippen LogP contribution < -0.4 is 0 Å². The van der Waals surface area contributed by atoms with Crippen LogP contribution in [0.15, 0.2) is 30.3 Å². The highest BCUT2D eigenvalue weighted by Gasteiger charge is 2.15. The summed E-state index contributed by atoms with van der Waals surface area (Å²) in [5.41, 5.74) is 0.721. The zero-order valence-electron chi connectivity index (χ0n) is 11.1. The van der Waals surface area contributed by atoms with Gasteiger partial charge in [0.15, 0.2) is 11.5 Å². The van der Waals surface area contributed by atoms with Gasteiger partial charge < -0.3 is 30.6 Å². The third-order valence-corrected chi connectivity index (χ3v) is 3.14. The minimum absolute atomic E-state index is 0.0282. The van der Waals surface area contributed by atoms with Crippen molar-refractivity contribution in [1.82, 2.24) is 0 Å². The van der Waals surface area contributed by atoms with Crippen molar-refractivity contribution in [3.05, 3.63) is 41.5 Å². The number of aromatic hydroxyl groups is 5. The summed E-state index contributed by atoms with van der Waals surface area (Å²) in [5, 5.41) is 57.1. The van der Waals surface area contributed by atoms with Gasteiger partial charge in [-0.1, -0.05) is 6.07 Å². The average Bonchev–Trinajstić information content (AvgIpc) is 2.38. The van der Waals surface area contributed by atoms with Crippen molar-refractivity contribution in [3.8, 4) is 28.7 Å². The Morgan fingerprint density at radius 2 is 1.33 bits per heavy atom. The van der Waals surface area contributed by atoms with E-state index in [1.54, 1.807) is 6.07 Å². The summed E-state index contributed by atoms with van der Waals surface area (Å²) in [6.45, 7) is 0. The Bertz CT molecular complexity index is 630. The van der Waals surface area contributed by atoms with Crippen molar-refractivity contribution in [3.63, 3.8) is 0 Å². The topological polar surface area (TPSA) is 121 Å². The van der Waals surface area contributed by atoms with Crippen molar-refractivity contribution >= 4 is 0 Å². The SMILES string of the molecule is Oc1cc(O)c(CC(O)Cc2ccc(O)c(O)c2)c(O)c1. The second-order valence-electron chi connectivity index (χ2n) is 4.85. The number of phenolic OH excluding ortho intramolecular Hbond substituents is 5. The Hall–Kier alpha value is -2.60. The van der Waals surface area contributed by atoms with E-state index >= 15 is 0 Å². The van der Waals surface area contributed by atoms with Gasteiger partial charge in [-0.3, -0.25) is 0 Å². The standard InChI is InChI=1S/C15H16O6/c16-9(3-8-1-2-12(18)15(21)4-8)5-11-13(19)6-10(17)7-14(11)20/h1-2,4,6-7,9,16-21H,3,5H2. The van der Waals surface area contributed by atoms with E-state index in [2.05, 4.69) is 0 Å². The number of aliphatic hydroxyl groups excluding tert-OH is 1. The molecule has 0 fully saturated rings. The zero-order chi connectivity index (χ0) is 15.6. The summed E-state index contributed by atoms with van der Waals surface area (Å²) in [6, 6.07) is 6.35. The van der Waals surface area contributed by atoms with Gasteiger partial charge in [0.05, 0.1) is 6.10 Å². The lowest BCUT2D eigenvalue weighted by Gasteiger charge is -2.14. The number of rotatable bonds is 4. The highest BCUT2D eigenvalue weighted by Crippen LogP contribution is 2.33. The van der Waals surface area contributed by atoms with E-state index in [1.165, 1.54) is 12.1 Å². The molecule has 0 bridgehead atoms. The van der Waals surface area contributed by atoms with Crippen LogP contribution in [0.1, 0.15) is 11.1 Å². The molecule has 0 radical (unpaired) electrons. The number of hydrogen-bond donors (Lipinski definition) is 6. The van der Waals surface area contributed by atoms with E-state index in [4.69, 9.17) is 0 Å². The highest BCUT2D eigenvalue weighted by atomic mass is 16.3. The highest BCUT2D eigenvalue weighted by molar-refractivity contribution is 5.49. The van der Waals surface area contributed by atoms with E-state index in [-0.39, 0.29) is 47.2 Å².